The van der Waals surface area contributed by atoms with E-state index in [1.165, 1.54) is 11.8 Å². The number of carbonyl (C=O) groups is 2. The zero-order valence-corrected chi connectivity index (χ0v) is 18.4. The monoisotopic (exact) mass is 441 g/mol. The average molecular weight is 442 g/mol. The van der Waals surface area contributed by atoms with Crippen LogP contribution in [0.25, 0.3) is 0 Å². The van der Waals surface area contributed by atoms with Gasteiger partial charge in [-0.15, -0.1) is 10.2 Å². The van der Waals surface area contributed by atoms with Crippen molar-refractivity contribution in [2.45, 2.75) is 36.8 Å². The van der Waals surface area contributed by atoms with Crippen LogP contribution in [0, 0.1) is 5.92 Å². The lowest BCUT2D eigenvalue weighted by Gasteiger charge is -2.32. The number of aromatic nitrogens is 2. The van der Waals surface area contributed by atoms with Crippen molar-refractivity contribution >= 4 is 35.1 Å². The number of thioether (sulfide) groups is 1. The van der Waals surface area contributed by atoms with E-state index in [1.807, 2.05) is 24.3 Å². The molecule has 0 bridgehead atoms. The molecule has 1 saturated carbocycles. The number of hydrogen-bond acceptors (Lipinski definition) is 7. The van der Waals surface area contributed by atoms with E-state index in [-0.39, 0.29) is 23.5 Å². The number of hydrogen-bond donors (Lipinski definition) is 2. The van der Waals surface area contributed by atoms with Gasteiger partial charge in [-0.2, -0.15) is 0 Å². The molecule has 2 amide bonds. The number of ether oxygens (including phenoxy) is 1. The number of benzene rings is 1. The van der Waals surface area contributed by atoms with Crippen molar-refractivity contribution in [1.29, 1.82) is 0 Å². The molecular formula is C22H27N5O3S. The third kappa shape index (κ3) is 5.88. The first-order chi connectivity index (χ1) is 15.1. The van der Waals surface area contributed by atoms with E-state index in [4.69, 9.17) is 4.74 Å². The Balaban J connectivity index is 1.27. The molecule has 164 valence electrons. The summed E-state index contributed by atoms with van der Waals surface area (Å²) >= 11 is 1.33. The van der Waals surface area contributed by atoms with E-state index in [1.54, 1.807) is 19.2 Å². The Kier molecular flexibility index (Phi) is 6.91. The minimum atomic E-state index is -0.138. The molecule has 0 radical (unpaired) electrons. The lowest BCUT2D eigenvalue weighted by atomic mass is 9.97. The Labute approximate surface area is 186 Å². The number of rotatable bonds is 8. The molecule has 2 fully saturated rings. The topological polar surface area (TPSA) is 96.5 Å². The minimum absolute atomic E-state index is 0.00359. The number of anilines is 2. The second-order valence-electron chi connectivity index (χ2n) is 7.83. The molecule has 1 atom stereocenters. The standard InChI is InChI=1S/C22H27N5O3S/c1-30-18-7-3-2-6-17(18)24-20(28)14-31-21-11-10-19(25-26-21)27-12-4-5-15(13-27)22(29)23-16-8-9-16/h2-3,6-7,10-11,15-16H,4-5,8-9,12-14H2,1H3,(H,23,29)(H,24,28)/t15-/m1/s1. The summed E-state index contributed by atoms with van der Waals surface area (Å²) in [5.74, 6) is 1.64. The van der Waals surface area contributed by atoms with Crippen molar-refractivity contribution in [1.82, 2.24) is 15.5 Å². The van der Waals surface area contributed by atoms with Gasteiger partial charge in [0.15, 0.2) is 5.82 Å². The van der Waals surface area contributed by atoms with Crippen LogP contribution in [0.4, 0.5) is 11.5 Å². The van der Waals surface area contributed by atoms with Crippen molar-refractivity contribution in [3.63, 3.8) is 0 Å². The normalized spacial score (nSPS) is 18.4. The van der Waals surface area contributed by atoms with Gasteiger partial charge in [0.25, 0.3) is 0 Å². The van der Waals surface area contributed by atoms with Crippen LogP contribution in [0.15, 0.2) is 41.4 Å². The molecule has 1 saturated heterocycles. The number of methoxy groups -OCH3 is 1. The van der Waals surface area contributed by atoms with E-state index in [0.717, 1.165) is 38.0 Å². The van der Waals surface area contributed by atoms with Crippen molar-refractivity contribution in [2.75, 3.05) is 36.2 Å². The summed E-state index contributed by atoms with van der Waals surface area (Å²) in [6.07, 6.45) is 4.08. The second-order valence-corrected chi connectivity index (χ2v) is 8.83. The van der Waals surface area contributed by atoms with Crippen LogP contribution >= 0.6 is 11.8 Å². The molecule has 0 unspecified atom stereocenters. The Morgan fingerprint density at radius 2 is 2.00 bits per heavy atom. The van der Waals surface area contributed by atoms with Crippen LogP contribution in [0.2, 0.25) is 0 Å². The summed E-state index contributed by atoms with van der Waals surface area (Å²) in [5.41, 5.74) is 0.641. The van der Waals surface area contributed by atoms with Crippen LogP contribution in [0.5, 0.6) is 5.75 Å². The van der Waals surface area contributed by atoms with Crippen molar-refractivity contribution in [3.05, 3.63) is 36.4 Å². The molecule has 1 aliphatic carbocycles. The van der Waals surface area contributed by atoms with Crippen molar-refractivity contribution < 1.29 is 14.3 Å². The summed E-state index contributed by atoms with van der Waals surface area (Å²) < 4.78 is 5.25. The van der Waals surface area contributed by atoms with Crippen LogP contribution < -0.4 is 20.3 Å². The SMILES string of the molecule is COc1ccccc1NC(=O)CSc1ccc(N2CCC[C@@H](C(=O)NC3CC3)C2)nn1. The maximum Gasteiger partial charge on any atom is 0.234 e. The van der Waals surface area contributed by atoms with Gasteiger partial charge >= 0.3 is 0 Å². The van der Waals surface area contributed by atoms with E-state index < -0.39 is 0 Å². The molecule has 4 rings (SSSR count). The molecule has 31 heavy (non-hydrogen) atoms. The summed E-state index contributed by atoms with van der Waals surface area (Å²) in [6, 6.07) is 11.5. The van der Waals surface area contributed by atoms with Gasteiger partial charge in [0.1, 0.15) is 10.8 Å². The lowest BCUT2D eigenvalue weighted by Crippen LogP contribution is -2.44. The van der Waals surface area contributed by atoms with Gasteiger partial charge in [0, 0.05) is 19.1 Å². The highest BCUT2D eigenvalue weighted by atomic mass is 32.2. The van der Waals surface area contributed by atoms with Crippen LogP contribution in [-0.2, 0) is 9.59 Å². The molecule has 9 heteroatoms. The molecule has 2 aliphatic rings. The largest absolute Gasteiger partial charge is 0.495 e. The summed E-state index contributed by atoms with van der Waals surface area (Å²) in [4.78, 5) is 26.8. The lowest BCUT2D eigenvalue weighted by molar-refractivity contribution is -0.125. The van der Waals surface area contributed by atoms with E-state index in [0.29, 0.717) is 29.0 Å². The van der Waals surface area contributed by atoms with Gasteiger partial charge in [-0.25, -0.2) is 0 Å². The fraction of sp³-hybridized carbons (Fsp3) is 0.455. The molecule has 1 aliphatic heterocycles. The van der Waals surface area contributed by atoms with Gasteiger partial charge in [-0.05, 0) is 49.9 Å². The number of amides is 2. The Morgan fingerprint density at radius 3 is 2.74 bits per heavy atom. The first-order valence-corrected chi connectivity index (χ1v) is 11.6. The highest BCUT2D eigenvalue weighted by molar-refractivity contribution is 7.99. The molecule has 2 aromatic rings. The predicted octanol–water partition coefficient (Wildman–Crippen LogP) is 2.71. The van der Waals surface area contributed by atoms with Crippen molar-refractivity contribution in [3.8, 4) is 5.75 Å². The van der Waals surface area contributed by atoms with Crippen LogP contribution in [0.3, 0.4) is 0 Å². The maximum absolute atomic E-state index is 12.4. The van der Waals surface area contributed by atoms with E-state index >= 15 is 0 Å². The zero-order chi connectivity index (χ0) is 21.6. The third-order valence-corrected chi connectivity index (χ3v) is 6.32. The van der Waals surface area contributed by atoms with Crippen molar-refractivity contribution in [2.24, 2.45) is 5.92 Å². The number of nitrogens with zero attached hydrogens (tertiary/aromatic N) is 3. The van der Waals surface area contributed by atoms with Gasteiger partial charge in [-0.3, -0.25) is 9.59 Å². The highest BCUT2D eigenvalue weighted by Gasteiger charge is 2.30. The molecule has 8 nitrogen and oxygen atoms in total. The fourth-order valence-electron chi connectivity index (χ4n) is 3.58. The minimum Gasteiger partial charge on any atom is -0.495 e. The number of nitrogens with one attached hydrogen (secondary N) is 2. The highest BCUT2D eigenvalue weighted by Crippen LogP contribution is 2.26. The first kappa shape index (κ1) is 21.4. The van der Waals surface area contributed by atoms with Gasteiger partial charge in [0.05, 0.1) is 24.5 Å². The second kappa shape index (κ2) is 10.00. The Bertz CT molecular complexity index is 920. The summed E-state index contributed by atoms with van der Waals surface area (Å²) in [6.45, 7) is 1.54. The average Bonchev–Trinajstić information content (AvgIpc) is 3.62. The molecule has 2 N–H and O–H groups in total. The number of para-hydroxylation sites is 2. The third-order valence-electron chi connectivity index (χ3n) is 5.40. The Hall–Kier alpha value is -2.81. The zero-order valence-electron chi connectivity index (χ0n) is 17.5. The van der Waals surface area contributed by atoms with Gasteiger partial charge < -0.3 is 20.3 Å². The van der Waals surface area contributed by atoms with Crippen LogP contribution in [0.1, 0.15) is 25.7 Å². The number of carbonyl (C=O) groups excluding carboxylic acids is 2. The summed E-state index contributed by atoms with van der Waals surface area (Å²) in [5, 5.41) is 15.2. The molecule has 0 spiro atoms. The maximum atomic E-state index is 12.4. The number of piperidine rings is 1. The van der Waals surface area contributed by atoms with E-state index in [9.17, 15) is 9.59 Å². The fourth-order valence-corrected chi connectivity index (χ4v) is 4.19. The van der Waals surface area contributed by atoms with Gasteiger partial charge in [0.2, 0.25) is 11.8 Å². The molecule has 2 heterocycles. The van der Waals surface area contributed by atoms with Crippen LogP contribution in [-0.4, -0.2) is 54.0 Å². The summed E-state index contributed by atoms with van der Waals surface area (Å²) in [7, 11) is 1.57. The molecule has 1 aromatic carbocycles. The van der Waals surface area contributed by atoms with E-state index in [2.05, 4.69) is 25.7 Å². The van der Waals surface area contributed by atoms with Gasteiger partial charge in [-0.1, -0.05) is 23.9 Å². The molecule has 1 aromatic heterocycles. The smallest absolute Gasteiger partial charge is 0.234 e. The quantitative estimate of drug-likeness (QED) is 0.608. The first-order valence-electron chi connectivity index (χ1n) is 10.6. The molecular weight excluding hydrogens is 414 g/mol. The Morgan fingerprint density at radius 1 is 1.16 bits per heavy atom. The predicted molar refractivity (Wildman–Crippen MR) is 120 cm³/mol.